The fraction of sp³-hybridized carbons (Fsp3) is 0.360. The van der Waals surface area contributed by atoms with Gasteiger partial charge in [-0.15, -0.1) is 11.8 Å². The molecule has 37 heavy (non-hydrogen) atoms. The third-order valence-electron chi connectivity index (χ3n) is 5.79. The lowest BCUT2D eigenvalue weighted by molar-refractivity contribution is -0.663. The zero-order valence-electron chi connectivity index (χ0n) is 20.7. The van der Waals surface area contributed by atoms with Gasteiger partial charge in [-0.05, 0) is 43.2 Å². The van der Waals surface area contributed by atoms with Crippen LogP contribution in [0.1, 0.15) is 31.7 Å². The van der Waals surface area contributed by atoms with Gasteiger partial charge < -0.3 is 9.47 Å². The Morgan fingerprint density at radius 1 is 1.19 bits per heavy atom. The number of hydrogen-bond acceptors (Lipinski definition) is 10. The number of H-pyrrole nitrogens is 1. The van der Waals surface area contributed by atoms with Crippen LogP contribution in [0.25, 0.3) is 11.2 Å². The lowest BCUT2D eigenvalue weighted by Gasteiger charge is -2.30. The molecule has 0 saturated heterocycles. The molecule has 4 aromatic rings. The van der Waals surface area contributed by atoms with Gasteiger partial charge >= 0.3 is 5.97 Å². The maximum atomic E-state index is 11.6. The smallest absolute Gasteiger partial charge is 0.305 e. The number of fused-ring (bicyclic) bond motifs is 3. The SMILES string of the molecule is CCOC(=O)CCCCSc1ncnc2[nH]c[n+](Cc3ccc4c(c3)N(COC)c3nccnc3S4)c12. The monoisotopic (exact) mass is 538 g/mol. The number of ether oxygens (including phenoxy) is 2. The molecule has 12 heteroatoms. The Hall–Kier alpha value is -3.22. The zero-order valence-corrected chi connectivity index (χ0v) is 22.3. The van der Waals surface area contributed by atoms with E-state index in [-0.39, 0.29) is 5.97 Å². The summed E-state index contributed by atoms with van der Waals surface area (Å²) in [6, 6.07) is 6.44. The molecule has 0 radical (unpaired) electrons. The maximum Gasteiger partial charge on any atom is 0.305 e. The topological polar surface area (TPSA) is 110 Å². The fourth-order valence-corrected chi connectivity index (χ4v) is 6.14. The van der Waals surface area contributed by atoms with E-state index >= 15 is 0 Å². The molecule has 10 nitrogen and oxygen atoms in total. The maximum absolute atomic E-state index is 11.6. The standard InChI is InChI=1S/C25H27N7O3S2/c1-3-35-20(33)6-4-5-11-36-24-21-22(28-14-29-24)30-15-31(21)13-17-7-8-19-18(12-17)32(16-34-2)23-25(37-19)27-10-9-26-23/h7-10,12,14-15H,3-6,11,13,16H2,1-2H3/p+1. The zero-order chi connectivity index (χ0) is 25.6. The van der Waals surface area contributed by atoms with Crippen LogP contribution in [-0.4, -0.2) is 57.1 Å². The van der Waals surface area contributed by atoms with Gasteiger partial charge in [-0.25, -0.2) is 24.5 Å². The second-order valence-corrected chi connectivity index (χ2v) is 10.4. The summed E-state index contributed by atoms with van der Waals surface area (Å²) in [5, 5.41) is 1.79. The van der Waals surface area contributed by atoms with Gasteiger partial charge in [-0.3, -0.25) is 9.69 Å². The Kier molecular flexibility index (Phi) is 8.17. The van der Waals surface area contributed by atoms with Crippen LogP contribution in [0, 0.1) is 0 Å². The molecule has 4 heterocycles. The van der Waals surface area contributed by atoms with Crippen molar-refractivity contribution in [2.24, 2.45) is 0 Å². The van der Waals surface area contributed by atoms with Crippen LogP contribution in [0.15, 0.2) is 58.2 Å². The third-order valence-corrected chi connectivity index (χ3v) is 7.90. The Balaban J connectivity index is 1.33. The predicted molar refractivity (Wildman–Crippen MR) is 141 cm³/mol. The van der Waals surface area contributed by atoms with Crippen molar-refractivity contribution >= 4 is 52.2 Å². The van der Waals surface area contributed by atoms with Crippen LogP contribution >= 0.6 is 23.5 Å². The van der Waals surface area contributed by atoms with Crippen LogP contribution in [0.2, 0.25) is 0 Å². The second-order valence-electron chi connectivity index (χ2n) is 8.32. The summed E-state index contributed by atoms with van der Waals surface area (Å²) in [5.74, 6) is 1.52. The van der Waals surface area contributed by atoms with Crippen molar-refractivity contribution < 1.29 is 18.8 Å². The molecule has 192 valence electrons. The molecule has 0 saturated carbocycles. The summed E-state index contributed by atoms with van der Waals surface area (Å²) in [5.41, 5.74) is 3.94. The van der Waals surface area contributed by atoms with E-state index in [0.29, 0.717) is 26.3 Å². The normalized spacial score (nSPS) is 12.4. The highest BCUT2D eigenvalue weighted by Crippen LogP contribution is 2.46. The van der Waals surface area contributed by atoms with Crippen molar-refractivity contribution in [3.8, 4) is 0 Å². The van der Waals surface area contributed by atoms with E-state index in [2.05, 4.69) is 52.6 Å². The molecule has 1 aliphatic heterocycles. The number of unbranched alkanes of at least 4 members (excludes halogenated alkanes) is 1. The predicted octanol–water partition coefficient (Wildman–Crippen LogP) is 4.12. The number of nitrogens with one attached hydrogen (secondary N) is 1. The van der Waals surface area contributed by atoms with Crippen molar-refractivity contribution in [2.75, 3.05) is 31.1 Å². The minimum Gasteiger partial charge on any atom is -0.466 e. The largest absolute Gasteiger partial charge is 0.466 e. The van der Waals surface area contributed by atoms with E-state index in [1.165, 1.54) is 0 Å². The molecule has 0 fully saturated rings. The van der Waals surface area contributed by atoms with Gasteiger partial charge in [0.25, 0.3) is 5.65 Å². The number of hydrogen-bond donors (Lipinski definition) is 1. The second kappa shape index (κ2) is 11.9. The van der Waals surface area contributed by atoms with E-state index in [4.69, 9.17) is 9.47 Å². The molecule has 3 aromatic heterocycles. The number of aromatic nitrogens is 6. The molecule has 0 spiro atoms. The van der Waals surface area contributed by atoms with E-state index < -0.39 is 0 Å². The minimum atomic E-state index is -0.136. The van der Waals surface area contributed by atoms with Crippen LogP contribution in [0.3, 0.4) is 0 Å². The van der Waals surface area contributed by atoms with E-state index in [1.54, 1.807) is 49.4 Å². The molecule has 0 aliphatic carbocycles. The molecule has 0 unspecified atom stereocenters. The third kappa shape index (κ3) is 5.71. The molecule has 0 amide bonds. The summed E-state index contributed by atoms with van der Waals surface area (Å²) in [6.45, 7) is 3.28. The van der Waals surface area contributed by atoms with E-state index in [9.17, 15) is 4.79 Å². The Labute approximate surface area is 223 Å². The highest BCUT2D eigenvalue weighted by Gasteiger charge is 2.26. The number of esters is 1. The first-order valence-corrected chi connectivity index (χ1v) is 13.9. The van der Waals surface area contributed by atoms with Crippen LogP contribution in [0.5, 0.6) is 0 Å². The van der Waals surface area contributed by atoms with Gasteiger partial charge in [-0.1, -0.05) is 17.8 Å². The molecule has 5 rings (SSSR count). The van der Waals surface area contributed by atoms with Gasteiger partial charge in [0.05, 0.1) is 12.3 Å². The lowest BCUT2D eigenvalue weighted by Crippen LogP contribution is -2.33. The molecule has 0 atom stereocenters. The van der Waals surface area contributed by atoms with Crippen molar-refractivity contribution in [1.29, 1.82) is 0 Å². The average Bonchev–Trinajstić information content (AvgIpc) is 3.32. The van der Waals surface area contributed by atoms with Crippen molar-refractivity contribution in [3.63, 3.8) is 0 Å². The van der Waals surface area contributed by atoms with Gasteiger partial charge in [-0.2, -0.15) is 4.98 Å². The van der Waals surface area contributed by atoms with Gasteiger partial charge in [0.15, 0.2) is 10.8 Å². The molecule has 0 bridgehead atoms. The minimum absolute atomic E-state index is 0.136. The Morgan fingerprint density at radius 2 is 2.08 bits per heavy atom. The number of carbonyl (C=O) groups is 1. The molecule has 1 aliphatic rings. The highest BCUT2D eigenvalue weighted by molar-refractivity contribution is 7.99. The summed E-state index contributed by atoms with van der Waals surface area (Å²) in [4.78, 5) is 36.0. The summed E-state index contributed by atoms with van der Waals surface area (Å²) in [6.07, 6.45) is 9.09. The molecular weight excluding hydrogens is 510 g/mol. The van der Waals surface area contributed by atoms with Gasteiger partial charge in [0.2, 0.25) is 11.8 Å². The molecule has 1 N–H and O–H groups in total. The Morgan fingerprint density at radius 3 is 2.95 bits per heavy atom. The average molecular weight is 539 g/mol. The first-order valence-electron chi connectivity index (χ1n) is 12.1. The first-order chi connectivity index (χ1) is 18.2. The number of rotatable bonds is 11. The lowest BCUT2D eigenvalue weighted by atomic mass is 10.1. The fourth-order valence-electron chi connectivity index (χ4n) is 4.14. The number of anilines is 2. The number of benzene rings is 1. The number of carbonyl (C=O) groups excluding carboxylic acids is 1. The summed E-state index contributed by atoms with van der Waals surface area (Å²) >= 11 is 3.29. The quantitative estimate of drug-likeness (QED) is 0.0984. The molecular formula is C25H28N7O3S2+. The van der Waals surface area contributed by atoms with Crippen molar-refractivity contribution in [2.45, 2.75) is 47.7 Å². The molecule has 1 aromatic carbocycles. The van der Waals surface area contributed by atoms with Gasteiger partial charge in [0.1, 0.15) is 24.6 Å². The van der Waals surface area contributed by atoms with Crippen LogP contribution < -0.4 is 9.47 Å². The van der Waals surface area contributed by atoms with E-state index in [0.717, 1.165) is 61.8 Å². The van der Waals surface area contributed by atoms with Gasteiger partial charge in [0, 0.05) is 30.8 Å². The number of nitrogens with zero attached hydrogens (tertiary/aromatic N) is 6. The number of methoxy groups -OCH3 is 1. The summed E-state index contributed by atoms with van der Waals surface area (Å²) in [7, 11) is 1.68. The highest BCUT2D eigenvalue weighted by atomic mass is 32.2. The Bertz CT molecular complexity index is 1400. The first kappa shape index (κ1) is 25.4. The summed E-state index contributed by atoms with van der Waals surface area (Å²) < 4.78 is 12.6. The van der Waals surface area contributed by atoms with Crippen molar-refractivity contribution in [3.05, 3.63) is 48.8 Å². The van der Waals surface area contributed by atoms with Crippen LogP contribution in [0.4, 0.5) is 11.5 Å². The van der Waals surface area contributed by atoms with Crippen molar-refractivity contribution in [1.82, 2.24) is 24.9 Å². The number of imidazole rings is 1. The van der Waals surface area contributed by atoms with Crippen LogP contribution in [-0.2, 0) is 20.8 Å². The number of thioether (sulfide) groups is 1. The number of aromatic amines is 1. The van der Waals surface area contributed by atoms with E-state index in [1.807, 2.05) is 13.3 Å².